The normalized spacial score (nSPS) is 17.1. The molecule has 0 bridgehead atoms. The Morgan fingerprint density at radius 2 is 1.81 bits per heavy atom. The molecule has 0 unspecified atom stereocenters. The van der Waals surface area contributed by atoms with Crippen LogP contribution < -0.4 is 15.4 Å². The van der Waals surface area contributed by atoms with E-state index >= 15 is 0 Å². The monoisotopic (exact) mass is 523 g/mol. The van der Waals surface area contributed by atoms with Gasteiger partial charge in [-0.2, -0.15) is 5.26 Å². The lowest BCUT2D eigenvalue weighted by atomic mass is 10.0. The molecule has 186 valence electrons. The number of carboxylic acid groups (broad SMARTS) is 1. The molecule has 36 heavy (non-hydrogen) atoms. The van der Waals surface area contributed by atoms with Crippen LogP contribution in [0.2, 0.25) is 0 Å². The van der Waals surface area contributed by atoms with Gasteiger partial charge >= 0.3 is 5.97 Å². The van der Waals surface area contributed by atoms with E-state index in [9.17, 15) is 19.6 Å². The number of thioether (sulfide) groups is 1. The van der Waals surface area contributed by atoms with Crippen molar-refractivity contribution in [3.05, 3.63) is 62.3 Å². The van der Waals surface area contributed by atoms with Crippen molar-refractivity contribution in [1.29, 1.82) is 5.26 Å². The van der Waals surface area contributed by atoms with Crippen molar-refractivity contribution in [2.75, 3.05) is 42.5 Å². The molecule has 2 aliphatic heterocycles. The Labute approximate surface area is 218 Å². The summed E-state index contributed by atoms with van der Waals surface area (Å²) in [7, 11) is 0. The van der Waals surface area contributed by atoms with Crippen LogP contribution in [0.3, 0.4) is 0 Å². The fourth-order valence-corrected chi connectivity index (χ4v) is 5.73. The summed E-state index contributed by atoms with van der Waals surface area (Å²) in [5.41, 5.74) is 1.86. The first-order valence-electron chi connectivity index (χ1n) is 11.5. The van der Waals surface area contributed by atoms with Crippen LogP contribution in [0.1, 0.15) is 23.6 Å². The molecule has 2 saturated heterocycles. The maximum Gasteiger partial charge on any atom is 0.323 e. The molecule has 2 fully saturated rings. The van der Waals surface area contributed by atoms with E-state index in [1.54, 1.807) is 17.6 Å². The molecule has 0 saturated carbocycles. The van der Waals surface area contributed by atoms with E-state index in [-0.39, 0.29) is 20.3 Å². The summed E-state index contributed by atoms with van der Waals surface area (Å²) in [5, 5.41) is 18.9. The summed E-state index contributed by atoms with van der Waals surface area (Å²) in [5.74, 6) is -1.01. The number of amides is 1. The van der Waals surface area contributed by atoms with E-state index in [2.05, 4.69) is 21.9 Å². The molecule has 9 nitrogen and oxygen atoms in total. The van der Waals surface area contributed by atoms with Gasteiger partial charge in [-0.1, -0.05) is 42.2 Å². The quantitative estimate of drug-likeness (QED) is 0.451. The number of rotatable bonds is 6. The predicted molar refractivity (Wildman–Crippen MR) is 144 cm³/mol. The van der Waals surface area contributed by atoms with Gasteiger partial charge in [-0.15, -0.1) is 0 Å². The lowest BCUT2D eigenvalue weighted by Crippen LogP contribution is -2.48. The van der Waals surface area contributed by atoms with Gasteiger partial charge in [0.2, 0.25) is 0 Å². The first kappa shape index (κ1) is 25.5. The van der Waals surface area contributed by atoms with Crippen molar-refractivity contribution in [1.82, 2.24) is 9.47 Å². The Bertz CT molecular complexity index is 1360. The molecular weight excluding hydrogens is 498 g/mol. The maximum atomic E-state index is 13.2. The van der Waals surface area contributed by atoms with Crippen LogP contribution in [0.25, 0.3) is 6.08 Å². The van der Waals surface area contributed by atoms with Crippen molar-refractivity contribution in [2.45, 2.75) is 20.4 Å². The molecule has 1 aromatic heterocycles. The number of carboxylic acids is 1. The van der Waals surface area contributed by atoms with Crippen molar-refractivity contribution in [3.63, 3.8) is 0 Å². The first-order valence-corrected chi connectivity index (χ1v) is 12.7. The van der Waals surface area contributed by atoms with Gasteiger partial charge in [-0.25, -0.2) is 0 Å². The molecule has 4 rings (SSSR count). The summed E-state index contributed by atoms with van der Waals surface area (Å²) in [6.45, 7) is 6.13. The third-order valence-corrected chi connectivity index (χ3v) is 7.68. The number of nitriles is 1. The molecule has 11 heteroatoms. The molecule has 0 spiro atoms. The number of aliphatic carboxylic acids is 1. The highest BCUT2D eigenvalue weighted by molar-refractivity contribution is 8.26. The lowest BCUT2D eigenvalue weighted by molar-refractivity contribution is -0.140. The zero-order valence-electron chi connectivity index (χ0n) is 19.9. The molecule has 2 aliphatic rings. The van der Waals surface area contributed by atoms with E-state index < -0.39 is 18.4 Å². The summed E-state index contributed by atoms with van der Waals surface area (Å²) >= 11 is 6.26. The molecule has 3 heterocycles. The fraction of sp³-hybridized carbons (Fsp3) is 0.320. The zero-order valence-corrected chi connectivity index (χ0v) is 21.6. The third kappa shape index (κ3) is 4.74. The van der Waals surface area contributed by atoms with Gasteiger partial charge in [-0.3, -0.25) is 23.9 Å². The standard InChI is InChI=1S/C25H25N5O4S2/c1-3-29-22(28-11-9-27(10-12-28)17-7-5-4-6-8-17)18(16(2)19(14-26)23(29)33)13-20-24(34)30(15-21(31)32)25(35)36-20/h4-8,13H,3,9-12,15H2,1-2H3,(H,31,32). The topological polar surface area (TPSA) is 110 Å². The molecule has 1 aromatic carbocycles. The highest BCUT2D eigenvalue weighted by atomic mass is 32.2. The molecule has 1 amide bonds. The minimum Gasteiger partial charge on any atom is -0.480 e. The van der Waals surface area contributed by atoms with E-state index in [4.69, 9.17) is 17.3 Å². The van der Waals surface area contributed by atoms with Crippen molar-refractivity contribution in [3.8, 4) is 6.07 Å². The van der Waals surface area contributed by atoms with Gasteiger partial charge in [0.15, 0.2) is 0 Å². The number of aromatic nitrogens is 1. The average molecular weight is 524 g/mol. The third-order valence-electron chi connectivity index (χ3n) is 6.31. The summed E-state index contributed by atoms with van der Waals surface area (Å²) in [6.07, 6.45) is 1.64. The minimum absolute atomic E-state index is 0.0239. The number of hydrogen-bond donors (Lipinski definition) is 1. The molecular formula is C25H25N5O4S2. The Hall–Kier alpha value is -3.62. The number of pyridine rings is 1. The SMILES string of the molecule is CCn1c(N2CCN(c3ccccc3)CC2)c(C=C2SC(=S)N(CC(=O)O)C2=O)c(C)c(C#N)c1=O. The number of anilines is 2. The predicted octanol–water partition coefficient (Wildman–Crippen LogP) is 2.66. The molecule has 1 N–H and O–H groups in total. The molecule has 2 aromatic rings. The zero-order chi connectivity index (χ0) is 26.0. The van der Waals surface area contributed by atoms with Crippen molar-refractivity contribution < 1.29 is 14.7 Å². The molecule has 0 aliphatic carbocycles. The minimum atomic E-state index is -1.16. The van der Waals surface area contributed by atoms with Gasteiger partial charge in [0, 0.05) is 44.0 Å². The average Bonchev–Trinajstić information content (AvgIpc) is 3.13. The number of benzene rings is 1. The molecule has 0 radical (unpaired) electrons. The van der Waals surface area contributed by atoms with Crippen LogP contribution >= 0.6 is 24.0 Å². The van der Waals surface area contributed by atoms with Crippen LogP contribution in [0, 0.1) is 18.3 Å². The van der Waals surface area contributed by atoms with Crippen LogP contribution in [-0.4, -0.2) is 63.5 Å². The Morgan fingerprint density at radius 1 is 1.17 bits per heavy atom. The number of hydrogen-bond acceptors (Lipinski definition) is 8. The van der Waals surface area contributed by atoms with Crippen LogP contribution in [0.15, 0.2) is 40.0 Å². The van der Waals surface area contributed by atoms with Gasteiger partial charge in [0.05, 0.1) is 4.91 Å². The van der Waals surface area contributed by atoms with Gasteiger partial charge < -0.3 is 14.9 Å². The van der Waals surface area contributed by atoms with E-state index in [0.29, 0.717) is 36.6 Å². The largest absolute Gasteiger partial charge is 0.480 e. The van der Waals surface area contributed by atoms with Crippen LogP contribution in [0.4, 0.5) is 11.5 Å². The second-order valence-electron chi connectivity index (χ2n) is 8.37. The summed E-state index contributed by atoms with van der Waals surface area (Å²) in [6, 6.07) is 12.1. The number of carbonyl (C=O) groups excluding carboxylic acids is 1. The van der Waals surface area contributed by atoms with Gasteiger partial charge in [-0.05, 0) is 37.6 Å². The number of para-hydroxylation sites is 1. The Balaban J connectivity index is 1.77. The summed E-state index contributed by atoms with van der Waals surface area (Å²) < 4.78 is 1.74. The highest BCUT2D eigenvalue weighted by Gasteiger charge is 2.34. The summed E-state index contributed by atoms with van der Waals surface area (Å²) in [4.78, 5) is 43.0. The highest BCUT2D eigenvalue weighted by Crippen LogP contribution is 2.36. The number of thiocarbonyl (C=S) groups is 1. The van der Waals surface area contributed by atoms with E-state index in [1.165, 1.54) is 0 Å². The maximum absolute atomic E-state index is 13.2. The Morgan fingerprint density at radius 3 is 2.39 bits per heavy atom. The van der Waals surface area contributed by atoms with Gasteiger partial charge in [0.1, 0.15) is 28.3 Å². The van der Waals surface area contributed by atoms with Crippen LogP contribution in [-0.2, 0) is 16.1 Å². The van der Waals surface area contributed by atoms with Crippen molar-refractivity contribution in [2.24, 2.45) is 0 Å². The van der Waals surface area contributed by atoms with Gasteiger partial charge in [0.25, 0.3) is 11.5 Å². The first-order chi connectivity index (χ1) is 17.3. The fourth-order valence-electron chi connectivity index (χ4n) is 4.50. The number of nitrogens with zero attached hydrogens (tertiary/aromatic N) is 5. The second-order valence-corrected chi connectivity index (χ2v) is 10.0. The number of carbonyl (C=O) groups is 2. The van der Waals surface area contributed by atoms with Crippen LogP contribution in [0.5, 0.6) is 0 Å². The lowest BCUT2D eigenvalue weighted by Gasteiger charge is -2.39. The number of piperazine rings is 1. The smallest absolute Gasteiger partial charge is 0.323 e. The molecule has 0 atom stereocenters. The van der Waals surface area contributed by atoms with E-state index in [1.807, 2.05) is 31.2 Å². The van der Waals surface area contributed by atoms with Crippen molar-refractivity contribution >= 4 is 57.8 Å². The second kappa shape index (κ2) is 10.6. The Kier molecular flexibility index (Phi) is 7.47. The van der Waals surface area contributed by atoms with E-state index in [0.717, 1.165) is 35.4 Å².